The van der Waals surface area contributed by atoms with Crippen LogP contribution in [0.2, 0.25) is 0 Å². The number of fused-ring (bicyclic) bond motifs is 1. The third-order valence-electron chi connectivity index (χ3n) is 4.47. The highest BCUT2D eigenvalue weighted by molar-refractivity contribution is 5.95. The van der Waals surface area contributed by atoms with Crippen LogP contribution in [0, 0.1) is 0 Å². The molecule has 0 aliphatic carbocycles. The highest BCUT2D eigenvalue weighted by Crippen LogP contribution is 2.33. The van der Waals surface area contributed by atoms with Crippen molar-refractivity contribution in [3.05, 3.63) is 59.2 Å². The molecule has 0 saturated carbocycles. The summed E-state index contributed by atoms with van der Waals surface area (Å²) < 4.78 is 10.5. The summed E-state index contributed by atoms with van der Waals surface area (Å²) >= 11 is 0. The van der Waals surface area contributed by atoms with Gasteiger partial charge in [-0.25, -0.2) is 0 Å². The van der Waals surface area contributed by atoms with Gasteiger partial charge in [-0.2, -0.15) is 0 Å². The van der Waals surface area contributed by atoms with E-state index in [0.29, 0.717) is 17.9 Å². The molecule has 4 nitrogen and oxygen atoms in total. The molecule has 1 aliphatic heterocycles. The molecule has 4 heteroatoms. The average molecular weight is 311 g/mol. The largest absolute Gasteiger partial charge is 0.497 e. The van der Waals surface area contributed by atoms with E-state index in [2.05, 4.69) is 19.1 Å². The van der Waals surface area contributed by atoms with Crippen LogP contribution in [0.3, 0.4) is 0 Å². The van der Waals surface area contributed by atoms with Gasteiger partial charge < -0.3 is 14.4 Å². The molecule has 0 bridgehead atoms. The van der Waals surface area contributed by atoms with Crippen molar-refractivity contribution in [2.24, 2.45) is 0 Å². The van der Waals surface area contributed by atoms with Gasteiger partial charge in [0.05, 0.1) is 20.3 Å². The van der Waals surface area contributed by atoms with E-state index in [0.717, 1.165) is 12.2 Å². The second kappa shape index (κ2) is 6.32. The topological polar surface area (TPSA) is 38.8 Å². The molecule has 0 aromatic heterocycles. The number of benzene rings is 2. The van der Waals surface area contributed by atoms with Gasteiger partial charge in [0.2, 0.25) is 0 Å². The summed E-state index contributed by atoms with van der Waals surface area (Å²) in [5.41, 5.74) is 3.10. The first kappa shape index (κ1) is 15.4. The Balaban J connectivity index is 1.87. The lowest BCUT2D eigenvalue weighted by Gasteiger charge is -2.35. The molecular weight excluding hydrogens is 290 g/mol. The molecule has 120 valence electrons. The standard InChI is InChI=1S/C19H21NO3/c1-13-18-8-7-17(23-3)11-14(18)9-10-20(13)19(21)15-5-4-6-16(12-15)22-2/h4-8,11-13H,9-10H2,1-3H3. The van der Waals surface area contributed by atoms with Crippen LogP contribution in [-0.4, -0.2) is 31.6 Å². The lowest BCUT2D eigenvalue weighted by atomic mass is 9.92. The number of ether oxygens (including phenoxy) is 2. The number of amides is 1. The summed E-state index contributed by atoms with van der Waals surface area (Å²) in [5.74, 6) is 1.60. The van der Waals surface area contributed by atoms with Crippen LogP contribution >= 0.6 is 0 Å². The molecule has 0 fully saturated rings. The highest BCUT2D eigenvalue weighted by atomic mass is 16.5. The van der Waals surface area contributed by atoms with E-state index in [1.807, 2.05) is 29.2 Å². The van der Waals surface area contributed by atoms with E-state index in [1.54, 1.807) is 20.3 Å². The maximum absolute atomic E-state index is 12.9. The quantitative estimate of drug-likeness (QED) is 0.871. The van der Waals surface area contributed by atoms with Crippen molar-refractivity contribution in [3.8, 4) is 11.5 Å². The predicted molar refractivity (Wildman–Crippen MR) is 89.1 cm³/mol. The summed E-state index contributed by atoms with van der Waals surface area (Å²) in [6.45, 7) is 2.78. The first-order valence-corrected chi connectivity index (χ1v) is 7.76. The van der Waals surface area contributed by atoms with Crippen LogP contribution in [0.25, 0.3) is 0 Å². The molecule has 1 atom stereocenters. The third-order valence-corrected chi connectivity index (χ3v) is 4.47. The Morgan fingerprint density at radius 2 is 1.83 bits per heavy atom. The molecule has 1 aliphatic rings. The Morgan fingerprint density at radius 3 is 2.57 bits per heavy atom. The Hall–Kier alpha value is -2.49. The molecule has 3 rings (SSSR count). The molecule has 0 saturated heterocycles. The summed E-state index contributed by atoms with van der Waals surface area (Å²) in [5, 5.41) is 0. The predicted octanol–water partition coefficient (Wildman–Crippen LogP) is 3.46. The number of carbonyl (C=O) groups is 1. The molecule has 1 amide bonds. The lowest BCUT2D eigenvalue weighted by Crippen LogP contribution is -2.38. The van der Waals surface area contributed by atoms with E-state index in [4.69, 9.17) is 9.47 Å². The van der Waals surface area contributed by atoms with Gasteiger partial charge in [-0.05, 0) is 54.8 Å². The second-order valence-electron chi connectivity index (χ2n) is 5.72. The van der Waals surface area contributed by atoms with Gasteiger partial charge in [0, 0.05) is 12.1 Å². The lowest BCUT2D eigenvalue weighted by molar-refractivity contribution is 0.0677. The minimum Gasteiger partial charge on any atom is -0.497 e. The number of carbonyl (C=O) groups excluding carboxylic acids is 1. The summed E-state index contributed by atoms with van der Waals surface area (Å²) in [7, 11) is 3.28. The number of hydrogen-bond acceptors (Lipinski definition) is 3. The van der Waals surface area contributed by atoms with Crippen LogP contribution in [0.15, 0.2) is 42.5 Å². The van der Waals surface area contributed by atoms with Gasteiger partial charge >= 0.3 is 0 Å². The van der Waals surface area contributed by atoms with Crippen molar-refractivity contribution in [2.75, 3.05) is 20.8 Å². The summed E-state index contributed by atoms with van der Waals surface area (Å²) in [6, 6.07) is 13.4. The minimum absolute atomic E-state index is 0.0397. The van der Waals surface area contributed by atoms with Gasteiger partial charge in [-0.1, -0.05) is 12.1 Å². The summed E-state index contributed by atoms with van der Waals surface area (Å²) in [6.07, 6.45) is 0.840. The molecular formula is C19H21NO3. The van der Waals surface area contributed by atoms with Crippen molar-refractivity contribution >= 4 is 5.91 Å². The first-order chi connectivity index (χ1) is 11.1. The zero-order valence-electron chi connectivity index (χ0n) is 13.7. The summed E-state index contributed by atoms with van der Waals surface area (Å²) in [4.78, 5) is 14.8. The highest BCUT2D eigenvalue weighted by Gasteiger charge is 2.28. The second-order valence-corrected chi connectivity index (χ2v) is 5.72. The zero-order chi connectivity index (χ0) is 16.4. The van der Waals surface area contributed by atoms with E-state index in [-0.39, 0.29) is 11.9 Å². The molecule has 0 N–H and O–H groups in total. The maximum Gasteiger partial charge on any atom is 0.254 e. The molecule has 1 unspecified atom stereocenters. The fourth-order valence-electron chi connectivity index (χ4n) is 3.13. The van der Waals surface area contributed by atoms with Crippen LogP contribution in [0.5, 0.6) is 11.5 Å². The van der Waals surface area contributed by atoms with E-state index in [1.165, 1.54) is 11.1 Å². The Morgan fingerprint density at radius 1 is 1.09 bits per heavy atom. The van der Waals surface area contributed by atoms with Gasteiger partial charge in [-0.3, -0.25) is 4.79 Å². The van der Waals surface area contributed by atoms with Crippen molar-refractivity contribution in [2.45, 2.75) is 19.4 Å². The SMILES string of the molecule is COc1cccc(C(=O)N2CCc3cc(OC)ccc3C2C)c1. The maximum atomic E-state index is 12.9. The van der Waals surface area contributed by atoms with Crippen LogP contribution in [-0.2, 0) is 6.42 Å². The van der Waals surface area contributed by atoms with Crippen LogP contribution in [0.1, 0.15) is 34.5 Å². The number of rotatable bonds is 3. The van der Waals surface area contributed by atoms with Crippen molar-refractivity contribution < 1.29 is 14.3 Å². The minimum atomic E-state index is 0.0397. The van der Waals surface area contributed by atoms with Gasteiger partial charge in [-0.15, -0.1) is 0 Å². The molecule has 2 aromatic rings. The number of hydrogen-bond donors (Lipinski definition) is 0. The van der Waals surface area contributed by atoms with Crippen molar-refractivity contribution in [1.29, 1.82) is 0 Å². The van der Waals surface area contributed by atoms with E-state index in [9.17, 15) is 4.79 Å². The van der Waals surface area contributed by atoms with E-state index >= 15 is 0 Å². The molecule has 2 aromatic carbocycles. The molecule has 23 heavy (non-hydrogen) atoms. The average Bonchev–Trinajstić information content (AvgIpc) is 2.61. The molecule has 0 radical (unpaired) electrons. The fraction of sp³-hybridized carbons (Fsp3) is 0.316. The monoisotopic (exact) mass is 311 g/mol. The fourth-order valence-corrected chi connectivity index (χ4v) is 3.13. The number of methoxy groups -OCH3 is 2. The van der Waals surface area contributed by atoms with Crippen molar-refractivity contribution in [3.63, 3.8) is 0 Å². The van der Waals surface area contributed by atoms with Crippen molar-refractivity contribution in [1.82, 2.24) is 4.90 Å². The zero-order valence-corrected chi connectivity index (χ0v) is 13.7. The first-order valence-electron chi connectivity index (χ1n) is 7.76. The van der Waals surface area contributed by atoms with Gasteiger partial charge in [0.25, 0.3) is 5.91 Å². The Labute approximate surface area is 136 Å². The van der Waals surface area contributed by atoms with Crippen LogP contribution < -0.4 is 9.47 Å². The van der Waals surface area contributed by atoms with Gasteiger partial charge in [0.15, 0.2) is 0 Å². The number of nitrogens with zero attached hydrogens (tertiary/aromatic N) is 1. The Kier molecular flexibility index (Phi) is 4.24. The normalized spacial score (nSPS) is 16.7. The van der Waals surface area contributed by atoms with E-state index < -0.39 is 0 Å². The van der Waals surface area contributed by atoms with Gasteiger partial charge in [0.1, 0.15) is 11.5 Å². The molecule has 0 spiro atoms. The third kappa shape index (κ3) is 2.89. The molecule has 1 heterocycles. The Bertz CT molecular complexity index is 726. The smallest absolute Gasteiger partial charge is 0.254 e. The van der Waals surface area contributed by atoms with Crippen LogP contribution in [0.4, 0.5) is 0 Å².